The van der Waals surface area contributed by atoms with Gasteiger partial charge in [0.05, 0.1) is 12.2 Å². The summed E-state index contributed by atoms with van der Waals surface area (Å²) in [5.41, 5.74) is 1.18. The topological polar surface area (TPSA) is 57.6 Å². The maximum Gasteiger partial charge on any atom is 0.387 e. The molecule has 4 nitrogen and oxygen atoms in total. The van der Waals surface area contributed by atoms with Gasteiger partial charge in [-0.3, -0.25) is 0 Å². The highest BCUT2D eigenvalue weighted by Crippen LogP contribution is 2.32. The fourth-order valence-electron chi connectivity index (χ4n) is 2.32. The summed E-state index contributed by atoms with van der Waals surface area (Å²) in [6, 6.07) is 10.1. The number of benzene rings is 1. The van der Waals surface area contributed by atoms with Crippen LogP contribution in [0, 0.1) is 5.39 Å². The molecule has 2 rings (SSSR count). The fraction of sp³-hybridized carbons (Fsp3) is 0.429. The lowest BCUT2D eigenvalue weighted by molar-refractivity contribution is -0.0541. The molecule has 4 heteroatoms. The zero-order chi connectivity index (χ0) is 12.8. The summed E-state index contributed by atoms with van der Waals surface area (Å²) < 4.78 is 5.97. The summed E-state index contributed by atoms with van der Waals surface area (Å²) in [4.78, 5) is 2.81. The molecule has 0 aromatic heterocycles. The van der Waals surface area contributed by atoms with Crippen LogP contribution in [0.3, 0.4) is 0 Å². The Morgan fingerprint density at radius 1 is 1.39 bits per heavy atom. The van der Waals surface area contributed by atoms with Crippen LogP contribution in [-0.4, -0.2) is 11.2 Å². The first-order chi connectivity index (χ1) is 8.79. The molecule has 1 saturated heterocycles. The lowest BCUT2D eigenvalue weighted by atomic mass is 9.97. The van der Waals surface area contributed by atoms with Crippen LogP contribution < -0.4 is 0 Å². The first-order valence-corrected chi connectivity index (χ1v) is 6.22. The van der Waals surface area contributed by atoms with Gasteiger partial charge < -0.3 is 9.84 Å². The molecule has 2 atom stereocenters. The highest BCUT2D eigenvalue weighted by Gasteiger charge is 2.24. The van der Waals surface area contributed by atoms with Gasteiger partial charge in [-0.05, 0) is 24.8 Å². The Kier molecular flexibility index (Phi) is 4.32. The minimum absolute atomic E-state index is 0.0121. The van der Waals surface area contributed by atoms with Crippen LogP contribution in [0.4, 0.5) is 0 Å². The van der Waals surface area contributed by atoms with Gasteiger partial charge in [0.15, 0.2) is 10.7 Å². The van der Waals surface area contributed by atoms with Gasteiger partial charge in [0.25, 0.3) is 0 Å². The van der Waals surface area contributed by atoms with E-state index in [4.69, 9.17) is 10.1 Å². The molecule has 1 heterocycles. The first kappa shape index (κ1) is 12.6. The standard InChI is InChI=1S/C14H16N2O2/c15-16-10-12(17)9-13-7-4-8-14(18-13)11-5-2-1-3-6-11/h1-3,5-6,10,13-14H,4,7-9H2/p+1/b12-10-/t13-,14-/m1/s1. The third kappa shape index (κ3) is 3.31. The third-order valence-electron chi connectivity index (χ3n) is 3.16. The second-order valence-electron chi connectivity index (χ2n) is 4.53. The lowest BCUT2D eigenvalue weighted by Crippen LogP contribution is -2.22. The summed E-state index contributed by atoms with van der Waals surface area (Å²) in [5, 5.41) is 17.8. The van der Waals surface area contributed by atoms with Gasteiger partial charge in [-0.2, -0.15) is 0 Å². The summed E-state index contributed by atoms with van der Waals surface area (Å²) in [7, 11) is 0. The van der Waals surface area contributed by atoms with Crippen LogP contribution in [0.1, 0.15) is 37.4 Å². The van der Waals surface area contributed by atoms with Crippen molar-refractivity contribution < 1.29 is 9.84 Å². The van der Waals surface area contributed by atoms with Gasteiger partial charge in [0, 0.05) is 6.42 Å². The summed E-state index contributed by atoms with van der Waals surface area (Å²) in [5.74, 6) is 0.0520. The van der Waals surface area contributed by atoms with Crippen molar-refractivity contribution in [2.45, 2.75) is 37.9 Å². The van der Waals surface area contributed by atoms with Crippen molar-refractivity contribution in [2.75, 3.05) is 0 Å². The first-order valence-electron chi connectivity index (χ1n) is 6.22. The molecule has 1 aliphatic rings. The molecule has 1 N–H and O–H groups in total. The molecule has 0 amide bonds. The molecule has 94 valence electrons. The van der Waals surface area contributed by atoms with E-state index in [1.807, 2.05) is 18.2 Å². The normalized spacial score (nSPS) is 24.5. The van der Waals surface area contributed by atoms with E-state index >= 15 is 0 Å². The molecule has 1 aliphatic heterocycles. The van der Waals surface area contributed by atoms with Crippen molar-refractivity contribution >= 4 is 0 Å². The zero-order valence-corrected chi connectivity index (χ0v) is 10.2. The van der Waals surface area contributed by atoms with Crippen molar-refractivity contribution in [2.24, 2.45) is 0 Å². The van der Waals surface area contributed by atoms with Crippen molar-refractivity contribution in [1.82, 2.24) is 0 Å². The van der Waals surface area contributed by atoms with Gasteiger partial charge in [-0.25, -0.2) is 0 Å². The van der Waals surface area contributed by atoms with Crippen LogP contribution in [0.2, 0.25) is 0 Å². The maximum absolute atomic E-state index is 9.49. The highest BCUT2D eigenvalue weighted by molar-refractivity contribution is 5.18. The molecule has 0 radical (unpaired) electrons. The van der Waals surface area contributed by atoms with Gasteiger partial charge in [0.2, 0.25) is 5.39 Å². The number of aliphatic hydroxyl groups is 1. The van der Waals surface area contributed by atoms with Crippen molar-refractivity contribution in [3.05, 3.63) is 52.8 Å². The third-order valence-corrected chi connectivity index (χ3v) is 3.16. The van der Waals surface area contributed by atoms with Crippen LogP contribution in [0.25, 0.3) is 4.98 Å². The van der Waals surface area contributed by atoms with Gasteiger partial charge in [-0.15, -0.1) is 0 Å². The Bertz CT molecular complexity index is 451. The molecule has 0 unspecified atom stereocenters. The minimum atomic E-state index is -0.0121. The van der Waals surface area contributed by atoms with E-state index in [1.54, 1.807) is 0 Å². The van der Waals surface area contributed by atoms with Gasteiger partial charge >= 0.3 is 6.20 Å². The SMILES string of the molecule is N#[N+]/C=C(\O)C[C@H]1CCC[C@H](c2ccccc2)O1. The van der Waals surface area contributed by atoms with E-state index in [9.17, 15) is 5.11 Å². The number of hydrogen-bond donors (Lipinski definition) is 1. The van der Waals surface area contributed by atoms with Crippen molar-refractivity contribution in [3.8, 4) is 0 Å². The van der Waals surface area contributed by atoms with Crippen LogP contribution in [0.5, 0.6) is 0 Å². The van der Waals surface area contributed by atoms with Crippen LogP contribution >= 0.6 is 0 Å². The van der Waals surface area contributed by atoms with E-state index < -0.39 is 0 Å². The fourth-order valence-corrected chi connectivity index (χ4v) is 2.32. The van der Waals surface area contributed by atoms with Crippen molar-refractivity contribution in [3.63, 3.8) is 0 Å². The highest BCUT2D eigenvalue weighted by atomic mass is 16.5. The molecule has 0 bridgehead atoms. The predicted molar refractivity (Wildman–Crippen MR) is 68.3 cm³/mol. The number of diazo groups is 1. The molecule has 1 aromatic carbocycles. The van der Waals surface area contributed by atoms with Crippen LogP contribution in [0.15, 0.2) is 42.3 Å². The largest absolute Gasteiger partial charge is 0.505 e. The Labute approximate surface area is 107 Å². The Balaban J connectivity index is 1.97. The predicted octanol–water partition coefficient (Wildman–Crippen LogP) is 3.94. The van der Waals surface area contributed by atoms with E-state index in [1.165, 1.54) is 5.56 Å². The zero-order valence-electron chi connectivity index (χ0n) is 10.2. The molecule has 18 heavy (non-hydrogen) atoms. The average Bonchev–Trinajstić information content (AvgIpc) is 2.40. The van der Waals surface area contributed by atoms with Gasteiger partial charge in [-0.1, -0.05) is 30.3 Å². The summed E-state index contributed by atoms with van der Waals surface area (Å²) in [6.07, 6.45) is 4.55. The molecule has 1 aromatic rings. The Hall–Kier alpha value is -1.86. The number of aliphatic hydroxyl groups excluding tert-OH is 1. The molecular weight excluding hydrogens is 228 g/mol. The molecule has 1 fully saturated rings. The van der Waals surface area contributed by atoms with Crippen molar-refractivity contribution in [1.29, 1.82) is 5.39 Å². The number of hydrogen-bond acceptors (Lipinski definition) is 3. The lowest BCUT2D eigenvalue weighted by Gasteiger charge is -2.30. The summed E-state index contributed by atoms with van der Waals surface area (Å²) >= 11 is 0. The van der Waals surface area contributed by atoms with E-state index in [0.717, 1.165) is 25.5 Å². The second kappa shape index (κ2) is 6.18. The van der Waals surface area contributed by atoms with E-state index in [-0.39, 0.29) is 18.0 Å². The second-order valence-corrected chi connectivity index (χ2v) is 4.53. The average molecular weight is 245 g/mol. The summed E-state index contributed by atoms with van der Waals surface area (Å²) in [6.45, 7) is 0. The van der Waals surface area contributed by atoms with E-state index in [0.29, 0.717) is 6.42 Å². The molecular formula is C14H17N2O2+. The Morgan fingerprint density at radius 3 is 2.89 bits per heavy atom. The monoisotopic (exact) mass is 245 g/mol. The quantitative estimate of drug-likeness (QED) is 0.648. The maximum atomic E-state index is 9.49. The minimum Gasteiger partial charge on any atom is -0.505 e. The van der Waals surface area contributed by atoms with Crippen LogP contribution in [-0.2, 0) is 4.74 Å². The Morgan fingerprint density at radius 2 is 2.17 bits per heavy atom. The smallest absolute Gasteiger partial charge is 0.387 e. The number of nitrogens with zero attached hydrogens (tertiary/aromatic N) is 2. The number of ether oxygens (including phenoxy) is 1. The molecule has 0 saturated carbocycles. The molecule has 0 aliphatic carbocycles. The van der Waals surface area contributed by atoms with E-state index in [2.05, 4.69) is 17.1 Å². The molecule has 0 spiro atoms. The number of rotatable bonds is 3. The van der Waals surface area contributed by atoms with Gasteiger partial charge in [0.1, 0.15) is 0 Å².